The highest BCUT2D eigenvalue weighted by atomic mass is 16.4. The molecule has 3 N–H and O–H groups in total. The Kier molecular flexibility index (Phi) is 4.23. The Balaban J connectivity index is 2.43. The number of aromatic carboxylic acids is 1. The summed E-state index contributed by atoms with van der Waals surface area (Å²) in [5.74, 6) is -1.52. The summed E-state index contributed by atoms with van der Waals surface area (Å²) in [6.45, 7) is 8.12. The number of carboxylic acid groups (broad SMARTS) is 1. The van der Waals surface area contributed by atoms with Gasteiger partial charge < -0.3 is 15.3 Å². The second-order valence-electron chi connectivity index (χ2n) is 7.12. The summed E-state index contributed by atoms with van der Waals surface area (Å²) in [6, 6.07) is 1.42. The Labute approximate surface area is 131 Å². The van der Waals surface area contributed by atoms with E-state index in [9.17, 15) is 20.1 Å². The van der Waals surface area contributed by atoms with E-state index >= 15 is 0 Å². The minimum atomic E-state index is -1.17. The van der Waals surface area contributed by atoms with Crippen LogP contribution in [0, 0.1) is 12.3 Å². The SMILES string of the molecule is CC1=C(Cc2c(O)cc(C)c(C(=O)O)c2O)CCC(C)(C)C1. The molecule has 4 heteroatoms. The van der Waals surface area contributed by atoms with Crippen LogP contribution in [-0.4, -0.2) is 21.3 Å². The molecule has 0 atom stereocenters. The van der Waals surface area contributed by atoms with Crippen LogP contribution >= 0.6 is 0 Å². The zero-order chi connectivity index (χ0) is 16.7. The molecule has 0 amide bonds. The summed E-state index contributed by atoms with van der Waals surface area (Å²) < 4.78 is 0. The molecule has 1 aliphatic carbocycles. The van der Waals surface area contributed by atoms with Crippen LogP contribution in [0.3, 0.4) is 0 Å². The molecule has 0 bridgehead atoms. The first-order valence-corrected chi connectivity index (χ1v) is 7.57. The molecule has 0 fully saturated rings. The van der Waals surface area contributed by atoms with Gasteiger partial charge in [0.25, 0.3) is 0 Å². The van der Waals surface area contributed by atoms with Gasteiger partial charge in [-0.2, -0.15) is 0 Å². The van der Waals surface area contributed by atoms with Crippen LogP contribution in [0.5, 0.6) is 11.5 Å². The van der Waals surface area contributed by atoms with Crippen molar-refractivity contribution >= 4 is 5.97 Å². The van der Waals surface area contributed by atoms with E-state index in [2.05, 4.69) is 20.8 Å². The highest BCUT2D eigenvalue weighted by Gasteiger charge is 2.27. The zero-order valence-electron chi connectivity index (χ0n) is 13.7. The first-order chi connectivity index (χ1) is 10.1. The lowest BCUT2D eigenvalue weighted by Crippen LogP contribution is -2.18. The summed E-state index contributed by atoms with van der Waals surface area (Å²) >= 11 is 0. The molecule has 1 aliphatic rings. The maximum absolute atomic E-state index is 11.3. The quantitative estimate of drug-likeness (QED) is 0.732. The fourth-order valence-electron chi connectivity index (χ4n) is 3.35. The molecule has 1 aromatic carbocycles. The van der Waals surface area contributed by atoms with Crippen molar-refractivity contribution in [2.45, 2.75) is 53.4 Å². The van der Waals surface area contributed by atoms with Gasteiger partial charge in [-0.3, -0.25) is 0 Å². The number of aryl methyl sites for hydroxylation is 1. The molecule has 0 aliphatic heterocycles. The van der Waals surface area contributed by atoms with E-state index in [0.29, 0.717) is 17.5 Å². The molecular weight excluding hydrogens is 280 g/mol. The molecule has 0 saturated heterocycles. The monoisotopic (exact) mass is 304 g/mol. The van der Waals surface area contributed by atoms with Crippen molar-refractivity contribution in [3.63, 3.8) is 0 Å². The van der Waals surface area contributed by atoms with E-state index in [0.717, 1.165) is 19.3 Å². The predicted molar refractivity (Wildman–Crippen MR) is 85.5 cm³/mol. The van der Waals surface area contributed by atoms with Gasteiger partial charge in [-0.25, -0.2) is 4.79 Å². The molecule has 0 aromatic heterocycles. The van der Waals surface area contributed by atoms with Crippen molar-refractivity contribution < 1.29 is 20.1 Å². The van der Waals surface area contributed by atoms with Gasteiger partial charge >= 0.3 is 5.97 Å². The van der Waals surface area contributed by atoms with Crippen molar-refractivity contribution in [3.8, 4) is 11.5 Å². The second kappa shape index (κ2) is 5.67. The number of hydrogen-bond acceptors (Lipinski definition) is 3. The largest absolute Gasteiger partial charge is 0.508 e. The average Bonchev–Trinajstić information content (AvgIpc) is 2.34. The molecule has 0 heterocycles. The molecule has 0 radical (unpaired) electrons. The number of hydrogen-bond donors (Lipinski definition) is 3. The van der Waals surface area contributed by atoms with Crippen LogP contribution < -0.4 is 0 Å². The molecule has 120 valence electrons. The highest BCUT2D eigenvalue weighted by Crippen LogP contribution is 2.42. The van der Waals surface area contributed by atoms with Gasteiger partial charge in [-0.15, -0.1) is 0 Å². The molecule has 0 saturated carbocycles. The predicted octanol–water partition coefficient (Wildman–Crippen LogP) is 4.17. The summed E-state index contributed by atoms with van der Waals surface area (Å²) in [4.78, 5) is 11.3. The Bertz CT molecular complexity index is 654. The number of allylic oxidation sites excluding steroid dienone is 2. The summed E-state index contributed by atoms with van der Waals surface area (Å²) in [5, 5.41) is 29.6. The van der Waals surface area contributed by atoms with Gasteiger partial charge in [-0.05, 0) is 50.2 Å². The highest BCUT2D eigenvalue weighted by molar-refractivity contribution is 5.93. The topological polar surface area (TPSA) is 77.8 Å². The van der Waals surface area contributed by atoms with Crippen LogP contribution in [0.2, 0.25) is 0 Å². The van der Waals surface area contributed by atoms with E-state index in [1.807, 2.05) is 0 Å². The minimum Gasteiger partial charge on any atom is -0.508 e. The number of phenols is 2. The fourth-order valence-corrected chi connectivity index (χ4v) is 3.35. The first kappa shape index (κ1) is 16.4. The van der Waals surface area contributed by atoms with Gasteiger partial charge in [0, 0.05) is 12.0 Å². The Morgan fingerprint density at radius 1 is 1.27 bits per heavy atom. The number of rotatable bonds is 3. The van der Waals surface area contributed by atoms with Crippen molar-refractivity contribution in [2.24, 2.45) is 5.41 Å². The van der Waals surface area contributed by atoms with E-state index in [1.165, 1.54) is 17.2 Å². The standard InChI is InChI=1S/C18H24O4/c1-10-7-14(19)13(16(20)15(10)17(21)22)8-12-5-6-18(3,4)9-11(12)2/h7,19-20H,5-6,8-9H2,1-4H3,(H,21,22). The molecule has 2 rings (SSSR count). The van der Waals surface area contributed by atoms with Gasteiger partial charge in [0.15, 0.2) is 0 Å². The van der Waals surface area contributed by atoms with Gasteiger partial charge in [0.05, 0.1) is 0 Å². The van der Waals surface area contributed by atoms with Crippen molar-refractivity contribution in [1.29, 1.82) is 0 Å². The van der Waals surface area contributed by atoms with Crippen LogP contribution in [0.25, 0.3) is 0 Å². The molecule has 0 unspecified atom stereocenters. The van der Waals surface area contributed by atoms with E-state index < -0.39 is 5.97 Å². The maximum atomic E-state index is 11.3. The lowest BCUT2D eigenvalue weighted by molar-refractivity contribution is 0.0692. The third-order valence-corrected chi connectivity index (χ3v) is 4.63. The average molecular weight is 304 g/mol. The summed E-state index contributed by atoms with van der Waals surface area (Å²) in [7, 11) is 0. The molecule has 4 nitrogen and oxygen atoms in total. The van der Waals surface area contributed by atoms with E-state index in [1.54, 1.807) is 6.92 Å². The Morgan fingerprint density at radius 2 is 1.91 bits per heavy atom. The van der Waals surface area contributed by atoms with Gasteiger partial charge in [0.2, 0.25) is 0 Å². The fraction of sp³-hybridized carbons (Fsp3) is 0.500. The Morgan fingerprint density at radius 3 is 2.45 bits per heavy atom. The molecule has 22 heavy (non-hydrogen) atoms. The van der Waals surface area contributed by atoms with Gasteiger partial charge in [-0.1, -0.05) is 25.0 Å². The lowest BCUT2D eigenvalue weighted by Gasteiger charge is -2.32. The van der Waals surface area contributed by atoms with E-state index in [4.69, 9.17) is 0 Å². The van der Waals surface area contributed by atoms with Crippen molar-refractivity contribution in [1.82, 2.24) is 0 Å². The summed E-state index contributed by atoms with van der Waals surface area (Å²) in [6.07, 6.45) is 3.36. The third-order valence-electron chi connectivity index (χ3n) is 4.63. The third kappa shape index (κ3) is 3.11. The molecule has 0 spiro atoms. The maximum Gasteiger partial charge on any atom is 0.339 e. The van der Waals surface area contributed by atoms with Gasteiger partial charge in [0.1, 0.15) is 17.1 Å². The van der Waals surface area contributed by atoms with Crippen LogP contribution in [0.15, 0.2) is 17.2 Å². The zero-order valence-corrected chi connectivity index (χ0v) is 13.7. The van der Waals surface area contributed by atoms with Crippen LogP contribution in [-0.2, 0) is 6.42 Å². The van der Waals surface area contributed by atoms with Crippen molar-refractivity contribution in [2.75, 3.05) is 0 Å². The normalized spacial score (nSPS) is 17.6. The summed E-state index contributed by atoms with van der Waals surface area (Å²) in [5.41, 5.74) is 3.29. The minimum absolute atomic E-state index is 0.0369. The smallest absolute Gasteiger partial charge is 0.339 e. The van der Waals surface area contributed by atoms with Crippen molar-refractivity contribution in [3.05, 3.63) is 33.9 Å². The first-order valence-electron chi connectivity index (χ1n) is 7.57. The number of carbonyl (C=O) groups is 1. The molecule has 1 aromatic rings. The van der Waals surface area contributed by atoms with Crippen LogP contribution in [0.1, 0.15) is 61.5 Å². The number of aromatic hydroxyl groups is 2. The van der Waals surface area contributed by atoms with Crippen LogP contribution in [0.4, 0.5) is 0 Å². The van der Waals surface area contributed by atoms with E-state index in [-0.39, 0.29) is 22.5 Å². The second-order valence-corrected chi connectivity index (χ2v) is 7.12. The molecular formula is C18H24O4. The number of phenolic OH excluding ortho intramolecular Hbond substituents is 1. The lowest BCUT2D eigenvalue weighted by atomic mass is 9.73. The Hall–Kier alpha value is -1.97. The number of benzene rings is 1. The number of carboxylic acids is 1.